The normalized spacial score (nSPS) is 16.0. The Morgan fingerprint density at radius 2 is 2.04 bits per heavy atom. The Hall–Kier alpha value is -2.25. The van der Waals surface area contributed by atoms with Crippen LogP contribution < -0.4 is 0 Å². The maximum atomic E-state index is 12.7. The van der Waals surface area contributed by atoms with Gasteiger partial charge >= 0.3 is 5.97 Å². The molecule has 1 fully saturated rings. The molecule has 0 saturated carbocycles. The molecule has 134 valence electrons. The zero-order valence-corrected chi connectivity index (χ0v) is 15.7. The van der Waals surface area contributed by atoms with E-state index in [1.165, 1.54) is 11.8 Å². The number of pyridine rings is 1. The fourth-order valence-electron chi connectivity index (χ4n) is 2.80. The highest BCUT2D eigenvalue weighted by Gasteiger charge is 2.31. The lowest BCUT2D eigenvalue weighted by Gasteiger charge is -2.13. The first-order valence-electron chi connectivity index (χ1n) is 8.37. The summed E-state index contributed by atoms with van der Waals surface area (Å²) < 4.78 is 0.554. The molecule has 0 aliphatic carbocycles. The van der Waals surface area contributed by atoms with Gasteiger partial charge in [-0.15, -0.1) is 0 Å². The van der Waals surface area contributed by atoms with E-state index in [9.17, 15) is 9.59 Å². The summed E-state index contributed by atoms with van der Waals surface area (Å²) in [6, 6.07) is 9.69. The van der Waals surface area contributed by atoms with Gasteiger partial charge in [0.25, 0.3) is 5.91 Å². The highest BCUT2D eigenvalue weighted by molar-refractivity contribution is 8.26. The fraction of sp³-hybridized carbons (Fsp3) is 0.263. The van der Waals surface area contributed by atoms with Crippen molar-refractivity contribution in [3.63, 3.8) is 0 Å². The number of amides is 1. The summed E-state index contributed by atoms with van der Waals surface area (Å²) in [5.74, 6) is -0.873. The summed E-state index contributed by atoms with van der Waals surface area (Å²) in [5.41, 5.74) is 1.83. The summed E-state index contributed by atoms with van der Waals surface area (Å²) in [7, 11) is 0. The largest absolute Gasteiger partial charge is 0.481 e. The molecular weight excluding hydrogens is 368 g/mol. The van der Waals surface area contributed by atoms with E-state index in [1.54, 1.807) is 11.1 Å². The second-order valence-electron chi connectivity index (χ2n) is 5.96. The molecule has 7 heteroatoms. The summed E-state index contributed by atoms with van der Waals surface area (Å²) >= 11 is 6.66. The molecule has 26 heavy (non-hydrogen) atoms. The summed E-state index contributed by atoms with van der Waals surface area (Å²) in [6.07, 6.45) is 5.88. The van der Waals surface area contributed by atoms with Crippen LogP contribution in [-0.4, -0.2) is 37.7 Å². The van der Waals surface area contributed by atoms with Crippen LogP contribution in [0.15, 0.2) is 41.4 Å². The van der Waals surface area contributed by atoms with Gasteiger partial charge in [0, 0.05) is 24.5 Å². The van der Waals surface area contributed by atoms with Crippen molar-refractivity contribution in [2.75, 3.05) is 6.54 Å². The first-order chi connectivity index (χ1) is 12.6. The van der Waals surface area contributed by atoms with Crippen molar-refractivity contribution in [3.05, 3.63) is 47.0 Å². The summed E-state index contributed by atoms with van der Waals surface area (Å²) in [4.78, 5) is 29.8. The minimum Gasteiger partial charge on any atom is -0.481 e. The van der Waals surface area contributed by atoms with Crippen LogP contribution in [0.3, 0.4) is 0 Å². The van der Waals surface area contributed by atoms with Crippen molar-refractivity contribution in [2.45, 2.75) is 25.7 Å². The number of fused-ring (bicyclic) bond motifs is 1. The fourth-order valence-corrected chi connectivity index (χ4v) is 4.10. The Kier molecular flexibility index (Phi) is 6.00. The van der Waals surface area contributed by atoms with Crippen LogP contribution in [0.4, 0.5) is 0 Å². The minimum absolute atomic E-state index is 0.0841. The van der Waals surface area contributed by atoms with Gasteiger partial charge in [-0.1, -0.05) is 48.6 Å². The van der Waals surface area contributed by atoms with Gasteiger partial charge < -0.3 is 5.11 Å². The summed E-state index contributed by atoms with van der Waals surface area (Å²) in [6.45, 7) is 0.527. The number of carboxylic acids is 1. The van der Waals surface area contributed by atoms with Crippen molar-refractivity contribution in [2.24, 2.45) is 0 Å². The molecule has 1 N–H and O–H groups in total. The number of thioether (sulfide) groups is 1. The number of hydrogen-bond acceptors (Lipinski definition) is 5. The second-order valence-corrected chi connectivity index (χ2v) is 7.63. The van der Waals surface area contributed by atoms with Gasteiger partial charge in [-0.3, -0.25) is 19.5 Å². The number of para-hydroxylation sites is 1. The van der Waals surface area contributed by atoms with Crippen molar-refractivity contribution in [1.82, 2.24) is 9.88 Å². The molecule has 2 heterocycles. The van der Waals surface area contributed by atoms with Gasteiger partial charge in [0.05, 0.1) is 10.4 Å². The number of unbranched alkanes of at least 4 members (excludes halogenated alkanes) is 2. The van der Waals surface area contributed by atoms with Gasteiger partial charge in [-0.25, -0.2) is 0 Å². The van der Waals surface area contributed by atoms with E-state index in [0.29, 0.717) is 22.2 Å². The smallest absolute Gasteiger partial charge is 0.303 e. The van der Waals surface area contributed by atoms with E-state index in [2.05, 4.69) is 4.98 Å². The Balaban J connectivity index is 1.70. The number of carbonyl (C=O) groups excluding carboxylic acids is 1. The predicted octanol–water partition coefficient (Wildman–Crippen LogP) is 4.08. The van der Waals surface area contributed by atoms with Crippen molar-refractivity contribution >= 4 is 57.2 Å². The zero-order valence-electron chi connectivity index (χ0n) is 14.1. The van der Waals surface area contributed by atoms with Gasteiger partial charge in [0.1, 0.15) is 4.32 Å². The van der Waals surface area contributed by atoms with Crippen LogP contribution in [0, 0.1) is 0 Å². The van der Waals surface area contributed by atoms with E-state index >= 15 is 0 Å². The molecule has 5 nitrogen and oxygen atoms in total. The van der Waals surface area contributed by atoms with Gasteiger partial charge in [-0.05, 0) is 36.6 Å². The Morgan fingerprint density at radius 1 is 1.23 bits per heavy atom. The van der Waals surface area contributed by atoms with Gasteiger partial charge in [0.15, 0.2) is 0 Å². The minimum atomic E-state index is -0.789. The zero-order chi connectivity index (χ0) is 18.5. The molecule has 3 rings (SSSR count). The monoisotopic (exact) mass is 386 g/mol. The molecule has 1 aromatic carbocycles. The molecule has 0 bridgehead atoms. The maximum absolute atomic E-state index is 12.7. The number of aliphatic carboxylic acids is 1. The number of aromatic nitrogens is 1. The van der Waals surface area contributed by atoms with Crippen LogP contribution >= 0.6 is 24.0 Å². The molecule has 1 amide bonds. The molecule has 1 saturated heterocycles. The lowest BCUT2D eigenvalue weighted by Crippen LogP contribution is -2.29. The summed E-state index contributed by atoms with van der Waals surface area (Å²) in [5, 5.41) is 9.65. The van der Waals surface area contributed by atoms with Crippen molar-refractivity contribution in [3.8, 4) is 0 Å². The molecule has 1 aromatic heterocycles. The number of hydrogen-bond donors (Lipinski definition) is 1. The topological polar surface area (TPSA) is 70.5 Å². The number of rotatable bonds is 7. The predicted molar refractivity (Wildman–Crippen MR) is 108 cm³/mol. The lowest BCUT2D eigenvalue weighted by atomic mass is 10.1. The quantitative estimate of drug-likeness (QED) is 0.439. The number of nitrogens with zero attached hydrogens (tertiary/aromatic N) is 2. The molecule has 0 unspecified atom stereocenters. The Bertz CT molecular complexity index is 890. The third kappa shape index (κ3) is 4.28. The van der Waals surface area contributed by atoms with Crippen LogP contribution in [0.5, 0.6) is 0 Å². The molecule has 0 spiro atoms. The van der Waals surface area contributed by atoms with Crippen LogP contribution in [-0.2, 0) is 9.59 Å². The third-order valence-corrected chi connectivity index (χ3v) is 5.49. The average molecular weight is 386 g/mol. The van der Waals surface area contributed by atoms with Crippen molar-refractivity contribution in [1.29, 1.82) is 0 Å². The van der Waals surface area contributed by atoms with E-state index in [1.807, 2.05) is 36.4 Å². The van der Waals surface area contributed by atoms with E-state index in [-0.39, 0.29) is 12.3 Å². The number of benzene rings is 1. The number of carbonyl (C=O) groups is 2. The Morgan fingerprint density at radius 3 is 2.85 bits per heavy atom. The second kappa shape index (κ2) is 8.42. The molecule has 1 aliphatic heterocycles. The van der Waals surface area contributed by atoms with Crippen LogP contribution in [0.25, 0.3) is 17.0 Å². The maximum Gasteiger partial charge on any atom is 0.303 e. The van der Waals surface area contributed by atoms with Gasteiger partial charge in [0.2, 0.25) is 0 Å². The third-order valence-electron chi connectivity index (χ3n) is 4.12. The highest BCUT2D eigenvalue weighted by atomic mass is 32.2. The Labute approximate surface area is 161 Å². The first kappa shape index (κ1) is 18.5. The SMILES string of the molecule is O=C(O)CCCCCN1C(=O)C(=Cc2ccnc3ccccc23)SC1=S. The number of thiocarbonyl (C=S) groups is 1. The highest BCUT2D eigenvalue weighted by Crippen LogP contribution is 2.33. The standard InChI is InChI=1S/C19H18N2O3S2/c22-17(23)8-2-1-5-11-21-18(24)16(26-19(21)25)12-13-9-10-20-15-7-4-3-6-14(13)15/h3-4,6-7,9-10,12H,1-2,5,8,11H2,(H,22,23). The van der Waals surface area contributed by atoms with Crippen LogP contribution in [0.2, 0.25) is 0 Å². The lowest BCUT2D eigenvalue weighted by molar-refractivity contribution is -0.137. The molecule has 0 radical (unpaired) electrons. The van der Waals surface area contributed by atoms with Gasteiger partial charge in [-0.2, -0.15) is 0 Å². The first-order valence-corrected chi connectivity index (χ1v) is 9.59. The van der Waals surface area contributed by atoms with E-state index in [4.69, 9.17) is 17.3 Å². The van der Waals surface area contributed by atoms with Crippen LogP contribution in [0.1, 0.15) is 31.2 Å². The number of carboxylic acid groups (broad SMARTS) is 1. The molecular formula is C19H18N2O3S2. The van der Waals surface area contributed by atoms with Crippen molar-refractivity contribution < 1.29 is 14.7 Å². The molecule has 0 atom stereocenters. The van der Waals surface area contributed by atoms with E-state index < -0.39 is 5.97 Å². The molecule has 2 aromatic rings. The van der Waals surface area contributed by atoms with E-state index in [0.717, 1.165) is 29.3 Å². The average Bonchev–Trinajstić information content (AvgIpc) is 2.89. The molecule has 1 aliphatic rings.